The molecule has 1 fully saturated rings. The molecule has 1 saturated heterocycles. The van der Waals surface area contributed by atoms with E-state index in [4.69, 9.17) is 0 Å². The van der Waals surface area contributed by atoms with Gasteiger partial charge >= 0.3 is 0 Å². The van der Waals surface area contributed by atoms with Crippen molar-refractivity contribution in [3.63, 3.8) is 0 Å². The molecule has 1 aromatic heterocycles. The van der Waals surface area contributed by atoms with Gasteiger partial charge in [0.2, 0.25) is 0 Å². The summed E-state index contributed by atoms with van der Waals surface area (Å²) in [5.74, 6) is 0. The molecule has 1 aliphatic heterocycles. The maximum absolute atomic E-state index is 4.25. The molecule has 3 nitrogen and oxygen atoms in total. The zero-order chi connectivity index (χ0) is 9.10. The molecular formula is C10H15N3. The van der Waals surface area contributed by atoms with Crippen LogP contribution in [0, 0.1) is 6.92 Å². The first-order valence-corrected chi connectivity index (χ1v) is 4.84. The molecule has 70 valence electrons. The lowest BCUT2D eigenvalue weighted by Crippen LogP contribution is -2.19. The van der Waals surface area contributed by atoms with Crippen molar-refractivity contribution in [3.8, 4) is 0 Å². The predicted octanol–water partition coefficient (Wildman–Crippen LogP) is 1.38. The van der Waals surface area contributed by atoms with E-state index in [0.717, 1.165) is 17.9 Å². The Labute approximate surface area is 78.8 Å². The van der Waals surface area contributed by atoms with E-state index in [2.05, 4.69) is 20.9 Å². The highest BCUT2D eigenvalue weighted by atomic mass is 15.1. The number of rotatable bonds is 2. The SMILES string of the molecule is Cc1cc(CN2CCCC2)ncn1. The Morgan fingerprint density at radius 2 is 2.08 bits per heavy atom. The zero-order valence-corrected chi connectivity index (χ0v) is 8.03. The summed E-state index contributed by atoms with van der Waals surface area (Å²) < 4.78 is 0. The van der Waals surface area contributed by atoms with Crippen molar-refractivity contribution in [2.24, 2.45) is 0 Å². The quantitative estimate of drug-likeness (QED) is 0.683. The first-order chi connectivity index (χ1) is 6.34. The monoisotopic (exact) mass is 177 g/mol. The molecule has 0 saturated carbocycles. The van der Waals surface area contributed by atoms with Crippen LogP contribution in [0.15, 0.2) is 12.4 Å². The fourth-order valence-corrected chi connectivity index (χ4v) is 1.77. The van der Waals surface area contributed by atoms with Crippen molar-refractivity contribution < 1.29 is 0 Å². The third-order valence-corrected chi connectivity index (χ3v) is 2.44. The minimum Gasteiger partial charge on any atom is -0.298 e. The van der Waals surface area contributed by atoms with E-state index in [1.165, 1.54) is 25.9 Å². The zero-order valence-electron chi connectivity index (χ0n) is 8.03. The predicted molar refractivity (Wildman–Crippen MR) is 51.3 cm³/mol. The smallest absolute Gasteiger partial charge is 0.115 e. The normalized spacial score (nSPS) is 17.9. The van der Waals surface area contributed by atoms with Crippen LogP contribution in [0.2, 0.25) is 0 Å². The highest BCUT2D eigenvalue weighted by Gasteiger charge is 2.11. The van der Waals surface area contributed by atoms with Crippen LogP contribution in [-0.4, -0.2) is 28.0 Å². The Bertz CT molecular complexity index is 279. The first-order valence-electron chi connectivity index (χ1n) is 4.84. The van der Waals surface area contributed by atoms with E-state index in [1.54, 1.807) is 6.33 Å². The highest BCUT2D eigenvalue weighted by molar-refractivity contribution is 5.06. The van der Waals surface area contributed by atoms with Crippen LogP contribution in [0.4, 0.5) is 0 Å². The van der Waals surface area contributed by atoms with Gasteiger partial charge in [0, 0.05) is 12.2 Å². The molecule has 1 aliphatic rings. The standard InChI is InChI=1S/C10H15N3/c1-9-6-10(12-8-11-9)7-13-4-2-3-5-13/h6,8H,2-5,7H2,1H3. The Morgan fingerprint density at radius 3 is 2.77 bits per heavy atom. The molecule has 0 radical (unpaired) electrons. The van der Waals surface area contributed by atoms with Crippen molar-refractivity contribution in [1.82, 2.24) is 14.9 Å². The third-order valence-electron chi connectivity index (χ3n) is 2.44. The molecule has 0 atom stereocenters. The molecule has 0 aromatic carbocycles. The molecule has 13 heavy (non-hydrogen) atoms. The van der Waals surface area contributed by atoms with Crippen molar-refractivity contribution in [3.05, 3.63) is 23.8 Å². The summed E-state index contributed by atoms with van der Waals surface area (Å²) >= 11 is 0. The number of hydrogen-bond donors (Lipinski definition) is 0. The van der Waals surface area contributed by atoms with Gasteiger partial charge in [0.25, 0.3) is 0 Å². The summed E-state index contributed by atoms with van der Waals surface area (Å²) in [6.45, 7) is 5.45. The van der Waals surface area contributed by atoms with Gasteiger partial charge in [-0.3, -0.25) is 4.90 Å². The van der Waals surface area contributed by atoms with Gasteiger partial charge in [-0.2, -0.15) is 0 Å². The van der Waals surface area contributed by atoms with Gasteiger partial charge in [0.15, 0.2) is 0 Å². The summed E-state index contributed by atoms with van der Waals surface area (Å²) in [5.41, 5.74) is 2.21. The molecule has 0 amide bonds. The Balaban J connectivity index is 2.00. The van der Waals surface area contributed by atoms with Crippen molar-refractivity contribution in [2.45, 2.75) is 26.3 Å². The minimum absolute atomic E-state index is 0.989. The summed E-state index contributed by atoms with van der Waals surface area (Å²) in [6, 6.07) is 2.07. The van der Waals surface area contributed by atoms with Gasteiger partial charge in [0.05, 0.1) is 5.69 Å². The van der Waals surface area contributed by atoms with E-state index in [1.807, 2.05) is 6.92 Å². The summed E-state index contributed by atoms with van der Waals surface area (Å²) in [5, 5.41) is 0. The summed E-state index contributed by atoms with van der Waals surface area (Å²) in [6.07, 6.45) is 4.33. The van der Waals surface area contributed by atoms with Crippen LogP contribution in [0.1, 0.15) is 24.2 Å². The number of likely N-dealkylation sites (tertiary alicyclic amines) is 1. The van der Waals surface area contributed by atoms with Crippen molar-refractivity contribution >= 4 is 0 Å². The first kappa shape index (κ1) is 8.63. The van der Waals surface area contributed by atoms with Crippen molar-refractivity contribution in [2.75, 3.05) is 13.1 Å². The molecule has 0 bridgehead atoms. The van der Waals surface area contributed by atoms with Gasteiger partial charge in [-0.15, -0.1) is 0 Å². The molecule has 0 N–H and O–H groups in total. The third kappa shape index (κ3) is 2.25. The fraction of sp³-hybridized carbons (Fsp3) is 0.600. The molecule has 0 unspecified atom stereocenters. The lowest BCUT2D eigenvalue weighted by atomic mass is 10.3. The molecular weight excluding hydrogens is 162 g/mol. The van der Waals surface area contributed by atoms with Gasteiger partial charge in [-0.05, 0) is 38.9 Å². The number of aromatic nitrogens is 2. The molecule has 2 rings (SSSR count). The fourth-order valence-electron chi connectivity index (χ4n) is 1.77. The van der Waals surface area contributed by atoms with Crippen LogP contribution in [0.25, 0.3) is 0 Å². The molecule has 3 heteroatoms. The maximum Gasteiger partial charge on any atom is 0.115 e. The molecule has 2 heterocycles. The number of nitrogens with zero attached hydrogens (tertiary/aromatic N) is 3. The lowest BCUT2D eigenvalue weighted by Gasteiger charge is -2.13. The second-order valence-corrected chi connectivity index (χ2v) is 3.63. The highest BCUT2D eigenvalue weighted by Crippen LogP contribution is 2.10. The van der Waals surface area contributed by atoms with Gasteiger partial charge in [-0.25, -0.2) is 9.97 Å². The van der Waals surface area contributed by atoms with E-state index in [-0.39, 0.29) is 0 Å². The van der Waals surface area contributed by atoms with Gasteiger partial charge in [-0.1, -0.05) is 0 Å². The second kappa shape index (κ2) is 3.83. The van der Waals surface area contributed by atoms with Crippen LogP contribution in [0.3, 0.4) is 0 Å². The van der Waals surface area contributed by atoms with Gasteiger partial charge < -0.3 is 0 Å². The molecule has 1 aromatic rings. The number of hydrogen-bond acceptors (Lipinski definition) is 3. The van der Waals surface area contributed by atoms with Crippen LogP contribution in [0.5, 0.6) is 0 Å². The van der Waals surface area contributed by atoms with Gasteiger partial charge in [0.1, 0.15) is 6.33 Å². The van der Waals surface area contributed by atoms with Crippen LogP contribution in [-0.2, 0) is 6.54 Å². The van der Waals surface area contributed by atoms with E-state index in [0.29, 0.717) is 0 Å². The van der Waals surface area contributed by atoms with Crippen LogP contribution >= 0.6 is 0 Å². The van der Waals surface area contributed by atoms with E-state index >= 15 is 0 Å². The Morgan fingerprint density at radius 1 is 1.31 bits per heavy atom. The Kier molecular flexibility index (Phi) is 2.54. The summed E-state index contributed by atoms with van der Waals surface area (Å²) in [4.78, 5) is 10.8. The van der Waals surface area contributed by atoms with E-state index < -0.39 is 0 Å². The number of aryl methyl sites for hydroxylation is 1. The average Bonchev–Trinajstić information content (AvgIpc) is 2.57. The minimum atomic E-state index is 0.989. The van der Waals surface area contributed by atoms with E-state index in [9.17, 15) is 0 Å². The summed E-state index contributed by atoms with van der Waals surface area (Å²) in [7, 11) is 0. The van der Waals surface area contributed by atoms with Crippen molar-refractivity contribution in [1.29, 1.82) is 0 Å². The Hall–Kier alpha value is -0.960. The molecule has 0 spiro atoms. The van der Waals surface area contributed by atoms with Crippen LogP contribution < -0.4 is 0 Å². The second-order valence-electron chi connectivity index (χ2n) is 3.63. The average molecular weight is 177 g/mol. The largest absolute Gasteiger partial charge is 0.298 e. The lowest BCUT2D eigenvalue weighted by molar-refractivity contribution is 0.327. The topological polar surface area (TPSA) is 29.0 Å². The maximum atomic E-state index is 4.25. The molecule has 0 aliphatic carbocycles.